The minimum Gasteiger partial charge on any atom is -0.196 e. The van der Waals surface area contributed by atoms with Crippen LogP contribution in [0.4, 0.5) is 0 Å². The summed E-state index contributed by atoms with van der Waals surface area (Å²) in [6.07, 6.45) is -0.0314. The number of hydrogen-bond acceptors (Lipinski definition) is 6. The normalized spacial score (nSPS) is 19.6. The highest BCUT2D eigenvalue weighted by molar-refractivity contribution is 8.07. The van der Waals surface area contributed by atoms with Crippen LogP contribution in [0.1, 0.15) is 19.8 Å². The van der Waals surface area contributed by atoms with Crippen molar-refractivity contribution in [1.29, 1.82) is 26.3 Å². The zero-order valence-corrected chi connectivity index (χ0v) is 10.4. The van der Waals surface area contributed by atoms with E-state index in [0.717, 1.165) is 11.8 Å². The number of hydrogen-bond donors (Lipinski definition) is 0. The largest absolute Gasteiger partial charge is 0.196 e. The van der Waals surface area contributed by atoms with Crippen molar-refractivity contribution >= 4 is 11.8 Å². The number of thioether (sulfide) groups is 1. The lowest BCUT2D eigenvalue weighted by atomic mass is 9.59. The fourth-order valence-electron chi connectivity index (χ4n) is 1.96. The average Bonchev–Trinajstić information content (AvgIpc) is 2.41. The lowest BCUT2D eigenvalue weighted by Gasteiger charge is -2.36. The zero-order valence-electron chi connectivity index (χ0n) is 9.56. The van der Waals surface area contributed by atoms with E-state index in [0.29, 0.717) is 10.5 Å². The Balaban J connectivity index is 3.50. The predicted octanol–water partition coefficient (Wildman–Crippen LogP) is 2.34. The molecular formula is C12H7N5S. The fourth-order valence-corrected chi connectivity index (χ4v) is 2.60. The lowest BCUT2D eigenvalue weighted by molar-refractivity contribution is 0.279. The second-order valence-corrected chi connectivity index (χ2v) is 4.89. The molecule has 0 spiro atoms. The first-order chi connectivity index (χ1) is 8.54. The van der Waals surface area contributed by atoms with Gasteiger partial charge in [0, 0.05) is 17.7 Å². The Labute approximate surface area is 109 Å². The molecule has 0 heterocycles. The summed E-state index contributed by atoms with van der Waals surface area (Å²) >= 11 is 0.879. The first kappa shape index (κ1) is 13.6. The molecule has 0 bridgehead atoms. The van der Waals surface area contributed by atoms with E-state index < -0.39 is 10.8 Å². The van der Waals surface area contributed by atoms with Gasteiger partial charge in [-0.3, -0.25) is 0 Å². The summed E-state index contributed by atoms with van der Waals surface area (Å²) in [4.78, 5) is 0.599. The van der Waals surface area contributed by atoms with Crippen LogP contribution in [0.5, 0.6) is 0 Å². The van der Waals surface area contributed by atoms with Gasteiger partial charge in [0.05, 0.1) is 24.3 Å². The van der Waals surface area contributed by atoms with Crippen molar-refractivity contribution in [2.24, 2.45) is 10.8 Å². The standard InChI is InChI=1S/C12H7N5S/c1-9-2-11(4-13,5-14)12(6-15,7-16)3-10(9)18-8-17/h2-3H2,1H3. The molecule has 18 heavy (non-hydrogen) atoms. The molecule has 0 saturated heterocycles. The van der Waals surface area contributed by atoms with Crippen LogP contribution in [0.3, 0.4) is 0 Å². The molecule has 0 amide bonds. The van der Waals surface area contributed by atoms with Crippen LogP contribution in [0.25, 0.3) is 0 Å². The van der Waals surface area contributed by atoms with Crippen molar-refractivity contribution < 1.29 is 0 Å². The zero-order chi connectivity index (χ0) is 13.8. The molecular weight excluding hydrogens is 246 g/mol. The van der Waals surface area contributed by atoms with Crippen LogP contribution in [0.2, 0.25) is 0 Å². The van der Waals surface area contributed by atoms with Crippen LogP contribution in [-0.4, -0.2) is 0 Å². The Morgan fingerprint density at radius 3 is 1.72 bits per heavy atom. The highest BCUT2D eigenvalue weighted by atomic mass is 32.2. The highest BCUT2D eigenvalue weighted by Crippen LogP contribution is 2.53. The fraction of sp³-hybridized carbons (Fsp3) is 0.417. The molecule has 0 aromatic heterocycles. The molecule has 0 radical (unpaired) electrons. The summed E-state index contributed by atoms with van der Waals surface area (Å²) in [6.45, 7) is 1.71. The monoisotopic (exact) mass is 253 g/mol. The van der Waals surface area contributed by atoms with E-state index in [1.54, 1.807) is 19.1 Å². The topological polar surface area (TPSA) is 119 Å². The van der Waals surface area contributed by atoms with E-state index in [-0.39, 0.29) is 12.8 Å². The number of nitriles is 5. The van der Waals surface area contributed by atoms with Gasteiger partial charge < -0.3 is 0 Å². The predicted molar refractivity (Wildman–Crippen MR) is 62.5 cm³/mol. The molecule has 5 nitrogen and oxygen atoms in total. The van der Waals surface area contributed by atoms with Crippen LogP contribution in [-0.2, 0) is 0 Å². The molecule has 1 aliphatic rings. The molecule has 0 N–H and O–H groups in total. The molecule has 0 aromatic carbocycles. The Kier molecular flexibility index (Phi) is 3.64. The van der Waals surface area contributed by atoms with Crippen LogP contribution < -0.4 is 0 Å². The van der Waals surface area contributed by atoms with E-state index >= 15 is 0 Å². The summed E-state index contributed by atoms with van der Waals surface area (Å²) in [7, 11) is 0. The summed E-state index contributed by atoms with van der Waals surface area (Å²) < 4.78 is 0. The van der Waals surface area contributed by atoms with Crippen molar-refractivity contribution in [2.75, 3.05) is 0 Å². The molecule has 0 saturated carbocycles. The van der Waals surface area contributed by atoms with E-state index in [1.807, 2.05) is 17.5 Å². The number of rotatable bonds is 1. The maximum absolute atomic E-state index is 9.22. The molecule has 6 heteroatoms. The highest BCUT2D eigenvalue weighted by Gasteiger charge is 2.57. The Bertz CT molecular complexity index is 583. The van der Waals surface area contributed by atoms with Crippen molar-refractivity contribution in [1.82, 2.24) is 0 Å². The van der Waals surface area contributed by atoms with Crippen molar-refractivity contribution in [2.45, 2.75) is 19.8 Å². The van der Waals surface area contributed by atoms with Gasteiger partial charge in [0.15, 0.2) is 10.8 Å². The molecule has 1 rings (SSSR count). The van der Waals surface area contributed by atoms with Crippen molar-refractivity contribution in [3.8, 4) is 29.7 Å². The van der Waals surface area contributed by atoms with E-state index in [2.05, 4.69) is 0 Å². The second-order valence-electron chi connectivity index (χ2n) is 4.01. The first-order valence-electron chi connectivity index (χ1n) is 4.94. The van der Waals surface area contributed by atoms with Gasteiger partial charge in [0.2, 0.25) is 0 Å². The summed E-state index contributed by atoms with van der Waals surface area (Å²) in [5.41, 5.74) is -2.67. The van der Waals surface area contributed by atoms with Crippen molar-refractivity contribution in [3.05, 3.63) is 10.5 Å². The van der Waals surface area contributed by atoms with E-state index in [4.69, 9.17) is 5.26 Å². The van der Waals surface area contributed by atoms with Crippen molar-refractivity contribution in [3.63, 3.8) is 0 Å². The molecule has 1 aliphatic carbocycles. The second kappa shape index (κ2) is 4.81. The summed E-state index contributed by atoms with van der Waals surface area (Å²) in [5, 5.41) is 47.4. The summed E-state index contributed by atoms with van der Waals surface area (Å²) in [5.74, 6) is 0. The molecule has 0 unspecified atom stereocenters. The Morgan fingerprint density at radius 1 is 0.889 bits per heavy atom. The third-order valence-corrected chi connectivity index (χ3v) is 3.92. The molecule has 0 fully saturated rings. The maximum atomic E-state index is 9.22. The SMILES string of the molecule is CC1=C(SC#N)CC(C#N)(C#N)C(C#N)(C#N)C1. The minimum atomic E-state index is -1.71. The molecule has 0 aromatic rings. The average molecular weight is 253 g/mol. The first-order valence-corrected chi connectivity index (χ1v) is 5.76. The van der Waals surface area contributed by atoms with Gasteiger partial charge in [-0.2, -0.15) is 26.3 Å². The quantitative estimate of drug-likeness (QED) is 0.661. The van der Waals surface area contributed by atoms with Gasteiger partial charge in [-0.25, -0.2) is 0 Å². The van der Waals surface area contributed by atoms with E-state index in [1.165, 1.54) is 0 Å². The van der Waals surface area contributed by atoms with Gasteiger partial charge in [-0.1, -0.05) is 5.57 Å². The van der Waals surface area contributed by atoms with Gasteiger partial charge in [-0.05, 0) is 18.7 Å². The molecule has 86 valence electrons. The number of allylic oxidation sites excluding steroid dienone is 2. The number of nitrogens with zero attached hydrogens (tertiary/aromatic N) is 5. The maximum Gasteiger partial charge on any atom is 0.180 e. The van der Waals surface area contributed by atoms with Gasteiger partial charge >= 0.3 is 0 Å². The van der Waals surface area contributed by atoms with E-state index in [9.17, 15) is 21.0 Å². The summed E-state index contributed by atoms with van der Waals surface area (Å²) in [6, 6.07) is 7.25. The number of thiocyanates is 1. The van der Waals surface area contributed by atoms with Crippen LogP contribution >= 0.6 is 11.8 Å². The Morgan fingerprint density at radius 2 is 1.33 bits per heavy atom. The smallest absolute Gasteiger partial charge is 0.180 e. The minimum absolute atomic E-state index is 0.0190. The van der Waals surface area contributed by atoms with Gasteiger partial charge in [0.1, 0.15) is 5.40 Å². The van der Waals surface area contributed by atoms with Gasteiger partial charge in [-0.15, -0.1) is 0 Å². The third-order valence-electron chi connectivity index (χ3n) is 3.09. The van der Waals surface area contributed by atoms with Crippen LogP contribution in [0.15, 0.2) is 10.5 Å². The van der Waals surface area contributed by atoms with Crippen LogP contribution in [0, 0.1) is 66.8 Å². The third kappa shape index (κ3) is 1.69. The Hall–Kier alpha value is -2.46. The molecule has 0 atom stereocenters. The lowest BCUT2D eigenvalue weighted by Crippen LogP contribution is -2.41. The molecule has 0 aliphatic heterocycles. The van der Waals surface area contributed by atoms with Gasteiger partial charge in [0.25, 0.3) is 0 Å².